The molecule has 0 radical (unpaired) electrons. The second-order valence-corrected chi connectivity index (χ2v) is 10.9. The molecule has 3 rings (SSSR count). The van der Waals surface area contributed by atoms with E-state index in [1.54, 1.807) is 19.2 Å². The second kappa shape index (κ2) is 9.16. The summed E-state index contributed by atoms with van der Waals surface area (Å²) in [4.78, 5) is 0.256. The third-order valence-corrected chi connectivity index (χ3v) is 8.44. The smallest absolute Gasteiger partial charge is 0.244 e. The molecule has 158 valence electrons. The molecule has 2 N–H and O–H groups in total. The summed E-state index contributed by atoms with van der Waals surface area (Å²) < 4.78 is 28.8. The summed E-state index contributed by atoms with van der Waals surface area (Å²) in [5.74, 6) is 1.01. The summed E-state index contributed by atoms with van der Waals surface area (Å²) in [5.41, 5.74) is 1.84. The molecule has 1 aliphatic rings. The van der Waals surface area contributed by atoms with Gasteiger partial charge in [0.05, 0.1) is 10.9 Å². The topological polar surface area (TPSA) is 69.6 Å². The molecule has 29 heavy (non-hydrogen) atoms. The minimum absolute atomic E-state index is 0.120. The van der Waals surface area contributed by atoms with Gasteiger partial charge < -0.3 is 10.4 Å². The molecule has 1 unspecified atom stereocenters. The molecule has 1 aliphatic carbocycles. The van der Waals surface area contributed by atoms with Gasteiger partial charge in [0, 0.05) is 30.4 Å². The Balaban J connectivity index is 1.80. The first kappa shape index (κ1) is 22.3. The first-order valence-corrected chi connectivity index (χ1v) is 12.2. The number of aliphatic hydroxyl groups is 1. The molecule has 1 fully saturated rings. The summed E-state index contributed by atoms with van der Waals surface area (Å²) in [7, 11) is -2.04. The molecule has 0 bridgehead atoms. The molecular weight excluding hydrogens is 452 g/mol. The normalized spacial score (nSPS) is 20.1. The predicted octanol–water partition coefficient (Wildman–Crippen LogP) is 4.51. The van der Waals surface area contributed by atoms with Crippen LogP contribution < -0.4 is 5.32 Å². The van der Waals surface area contributed by atoms with Crippen molar-refractivity contribution >= 4 is 31.6 Å². The van der Waals surface area contributed by atoms with Crippen LogP contribution in [0.25, 0.3) is 0 Å². The van der Waals surface area contributed by atoms with E-state index in [1.807, 2.05) is 50.2 Å². The fourth-order valence-corrected chi connectivity index (χ4v) is 6.33. The van der Waals surface area contributed by atoms with Gasteiger partial charge in [0.2, 0.25) is 10.0 Å². The molecule has 2 aromatic carbocycles. The molecule has 0 aliphatic heterocycles. The number of nitrogens with zero attached hydrogens (tertiary/aromatic N) is 1. The Kier molecular flexibility index (Phi) is 7.04. The number of nitrogens with one attached hydrogen (secondary N) is 1. The molecule has 0 saturated heterocycles. The molecule has 0 heterocycles. The Morgan fingerprint density at radius 2 is 1.86 bits per heavy atom. The standard InChI is InChI=1S/C22H29BrN2O3S/c1-15(2)22(16-7-5-4-6-8-16)25(3)29(27,28)21-10-9-19(12-20(21)23)24-13-17-11-18(17)14-26/h4-10,12,15,17-18,22,24,26H,11,13-14H2,1-3H3/t17-,18+,22?/m0/s1. The highest BCUT2D eigenvalue weighted by atomic mass is 79.9. The van der Waals surface area contributed by atoms with E-state index in [2.05, 4.69) is 21.2 Å². The number of halogens is 1. The summed E-state index contributed by atoms with van der Waals surface area (Å²) in [6.07, 6.45) is 1.04. The summed E-state index contributed by atoms with van der Waals surface area (Å²) >= 11 is 3.46. The van der Waals surface area contributed by atoms with Crippen molar-refractivity contribution in [2.75, 3.05) is 25.5 Å². The van der Waals surface area contributed by atoms with Gasteiger partial charge in [0.15, 0.2) is 0 Å². The zero-order valence-corrected chi connectivity index (χ0v) is 19.4. The molecule has 1 saturated carbocycles. The van der Waals surface area contributed by atoms with Crippen molar-refractivity contribution in [3.05, 3.63) is 58.6 Å². The van der Waals surface area contributed by atoms with Gasteiger partial charge in [-0.2, -0.15) is 4.31 Å². The number of aliphatic hydroxyl groups excluding tert-OH is 1. The van der Waals surface area contributed by atoms with Crippen molar-refractivity contribution in [1.82, 2.24) is 4.31 Å². The van der Waals surface area contributed by atoms with Crippen LogP contribution in [0.1, 0.15) is 31.9 Å². The predicted molar refractivity (Wildman–Crippen MR) is 120 cm³/mol. The van der Waals surface area contributed by atoms with E-state index < -0.39 is 10.0 Å². The molecule has 0 aromatic heterocycles. The van der Waals surface area contributed by atoms with Crippen molar-refractivity contribution in [2.24, 2.45) is 17.8 Å². The van der Waals surface area contributed by atoms with E-state index in [0.29, 0.717) is 16.3 Å². The average Bonchev–Trinajstić information content (AvgIpc) is 3.45. The minimum atomic E-state index is -3.68. The minimum Gasteiger partial charge on any atom is -0.396 e. The van der Waals surface area contributed by atoms with E-state index in [-0.39, 0.29) is 23.5 Å². The monoisotopic (exact) mass is 480 g/mol. The Hall–Kier alpha value is -1.41. The maximum Gasteiger partial charge on any atom is 0.244 e. The number of hydrogen-bond acceptors (Lipinski definition) is 4. The molecule has 0 spiro atoms. The van der Waals surface area contributed by atoms with Crippen LogP contribution in [-0.4, -0.2) is 38.0 Å². The zero-order chi connectivity index (χ0) is 21.2. The van der Waals surface area contributed by atoms with Gasteiger partial charge in [-0.3, -0.25) is 0 Å². The van der Waals surface area contributed by atoms with Gasteiger partial charge in [-0.15, -0.1) is 0 Å². The van der Waals surface area contributed by atoms with Gasteiger partial charge in [-0.05, 0) is 63.9 Å². The SMILES string of the molecule is CC(C)C(c1ccccc1)N(C)S(=O)(=O)c1ccc(NC[C@@H]2C[C@@H]2CO)cc1Br. The number of anilines is 1. The number of rotatable bonds is 9. The molecule has 2 aromatic rings. The van der Waals surface area contributed by atoms with Crippen molar-refractivity contribution < 1.29 is 13.5 Å². The molecule has 7 heteroatoms. The third kappa shape index (κ3) is 5.02. The van der Waals surface area contributed by atoms with Crippen LogP contribution >= 0.6 is 15.9 Å². The van der Waals surface area contributed by atoms with Crippen LogP contribution in [0, 0.1) is 17.8 Å². The van der Waals surface area contributed by atoms with Gasteiger partial charge >= 0.3 is 0 Å². The zero-order valence-electron chi connectivity index (χ0n) is 17.0. The highest BCUT2D eigenvalue weighted by Crippen LogP contribution is 2.38. The Labute approximate surface area is 182 Å². The molecular formula is C22H29BrN2O3S. The lowest BCUT2D eigenvalue weighted by atomic mass is 9.96. The fourth-order valence-electron chi connectivity index (χ4n) is 3.82. The Morgan fingerprint density at radius 1 is 1.17 bits per heavy atom. The summed E-state index contributed by atoms with van der Waals surface area (Å²) in [6, 6.07) is 14.7. The average molecular weight is 481 g/mol. The first-order valence-electron chi connectivity index (χ1n) is 9.93. The van der Waals surface area contributed by atoms with E-state index in [0.717, 1.165) is 24.2 Å². The lowest BCUT2D eigenvalue weighted by Crippen LogP contribution is -2.34. The van der Waals surface area contributed by atoms with Crippen molar-refractivity contribution in [3.8, 4) is 0 Å². The van der Waals surface area contributed by atoms with Crippen LogP contribution in [0.4, 0.5) is 5.69 Å². The van der Waals surface area contributed by atoms with E-state index in [4.69, 9.17) is 5.11 Å². The first-order chi connectivity index (χ1) is 13.8. The Bertz CT molecular complexity index is 934. The Morgan fingerprint density at radius 3 is 2.41 bits per heavy atom. The largest absolute Gasteiger partial charge is 0.396 e. The lowest BCUT2D eigenvalue weighted by molar-refractivity contribution is 0.270. The highest BCUT2D eigenvalue weighted by molar-refractivity contribution is 9.10. The quantitative estimate of drug-likeness (QED) is 0.553. The number of benzene rings is 2. The van der Waals surface area contributed by atoms with Crippen molar-refractivity contribution in [1.29, 1.82) is 0 Å². The van der Waals surface area contributed by atoms with Gasteiger partial charge in [-0.25, -0.2) is 8.42 Å². The number of hydrogen-bond donors (Lipinski definition) is 2. The summed E-state index contributed by atoms with van der Waals surface area (Å²) in [5, 5.41) is 12.5. The summed E-state index contributed by atoms with van der Waals surface area (Å²) in [6.45, 7) is 5.08. The maximum atomic E-state index is 13.4. The van der Waals surface area contributed by atoms with Crippen LogP contribution in [-0.2, 0) is 10.0 Å². The van der Waals surface area contributed by atoms with E-state index >= 15 is 0 Å². The van der Waals surface area contributed by atoms with Crippen molar-refractivity contribution in [3.63, 3.8) is 0 Å². The van der Waals surface area contributed by atoms with Crippen LogP contribution in [0.3, 0.4) is 0 Å². The van der Waals surface area contributed by atoms with Crippen LogP contribution in [0.2, 0.25) is 0 Å². The molecule has 5 nitrogen and oxygen atoms in total. The highest BCUT2D eigenvalue weighted by Gasteiger charge is 2.36. The maximum absolute atomic E-state index is 13.4. The van der Waals surface area contributed by atoms with Gasteiger partial charge in [0.1, 0.15) is 0 Å². The van der Waals surface area contributed by atoms with E-state index in [9.17, 15) is 8.42 Å². The second-order valence-electron chi connectivity index (χ2n) is 8.09. The molecule has 3 atom stereocenters. The van der Waals surface area contributed by atoms with Crippen molar-refractivity contribution in [2.45, 2.75) is 31.2 Å². The third-order valence-electron chi connectivity index (χ3n) is 5.63. The fraction of sp³-hybridized carbons (Fsp3) is 0.455. The molecule has 0 amide bonds. The lowest BCUT2D eigenvalue weighted by Gasteiger charge is -2.31. The van der Waals surface area contributed by atoms with Gasteiger partial charge in [-0.1, -0.05) is 44.2 Å². The van der Waals surface area contributed by atoms with Crippen LogP contribution in [0.15, 0.2) is 57.9 Å². The van der Waals surface area contributed by atoms with Gasteiger partial charge in [0.25, 0.3) is 0 Å². The van der Waals surface area contributed by atoms with Crippen LogP contribution in [0.5, 0.6) is 0 Å². The number of sulfonamides is 1. The van der Waals surface area contributed by atoms with E-state index in [1.165, 1.54) is 4.31 Å².